The van der Waals surface area contributed by atoms with Gasteiger partial charge >= 0.3 is 6.18 Å². The zero-order valence-corrected chi connectivity index (χ0v) is 13.7. The van der Waals surface area contributed by atoms with Crippen molar-refractivity contribution in [2.75, 3.05) is 5.32 Å². The van der Waals surface area contributed by atoms with Crippen molar-refractivity contribution < 1.29 is 18.0 Å². The van der Waals surface area contributed by atoms with Crippen molar-refractivity contribution in [2.45, 2.75) is 26.1 Å². The third kappa shape index (κ3) is 4.61. The molecule has 0 fully saturated rings. The van der Waals surface area contributed by atoms with Gasteiger partial charge in [-0.3, -0.25) is 9.78 Å². The monoisotopic (exact) mass is 357 g/mol. The summed E-state index contributed by atoms with van der Waals surface area (Å²) in [5, 5.41) is 5.13. The highest BCUT2D eigenvalue weighted by molar-refractivity contribution is 6.31. The molecule has 2 rings (SSSR count). The van der Waals surface area contributed by atoms with Crippen LogP contribution in [0.5, 0.6) is 0 Å². The lowest BCUT2D eigenvalue weighted by Crippen LogP contribution is -2.30. The van der Waals surface area contributed by atoms with E-state index in [1.165, 1.54) is 24.4 Å². The first-order chi connectivity index (χ1) is 11.2. The Morgan fingerprint density at radius 3 is 2.46 bits per heavy atom. The topological polar surface area (TPSA) is 54.0 Å². The van der Waals surface area contributed by atoms with E-state index in [1.807, 2.05) is 13.8 Å². The molecule has 0 aliphatic rings. The van der Waals surface area contributed by atoms with Gasteiger partial charge in [0.25, 0.3) is 5.91 Å². The third-order valence-corrected chi connectivity index (χ3v) is 3.30. The highest BCUT2D eigenvalue weighted by atomic mass is 35.5. The fourth-order valence-corrected chi connectivity index (χ4v) is 2.18. The number of pyridine rings is 1. The summed E-state index contributed by atoms with van der Waals surface area (Å²) in [5.41, 5.74) is -0.123. The fraction of sp³-hybridized carbons (Fsp3) is 0.250. The summed E-state index contributed by atoms with van der Waals surface area (Å²) in [6.45, 7) is 3.62. The summed E-state index contributed by atoms with van der Waals surface area (Å²) in [6, 6.07) is 6.46. The second-order valence-corrected chi connectivity index (χ2v) is 5.78. The van der Waals surface area contributed by atoms with E-state index >= 15 is 0 Å². The van der Waals surface area contributed by atoms with Crippen LogP contribution in [0.1, 0.15) is 29.9 Å². The predicted molar refractivity (Wildman–Crippen MR) is 86.6 cm³/mol. The molecular formula is C16H15ClF3N3O. The number of carbonyl (C=O) groups excluding carboxylic acids is 1. The van der Waals surface area contributed by atoms with Crippen LogP contribution in [0.3, 0.4) is 0 Å². The minimum atomic E-state index is -4.55. The Hall–Kier alpha value is -2.28. The van der Waals surface area contributed by atoms with E-state index in [4.69, 9.17) is 11.6 Å². The molecule has 2 aromatic rings. The van der Waals surface area contributed by atoms with Crippen molar-refractivity contribution in [3.05, 3.63) is 52.8 Å². The van der Waals surface area contributed by atoms with Crippen molar-refractivity contribution in [2.24, 2.45) is 0 Å². The van der Waals surface area contributed by atoms with E-state index in [1.54, 1.807) is 6.07 Å². The van der Waals surface area contributed by atoms with Crippen LogP contribution in [0.4, 0.5) is 24.5 Å². The number of anilines is 2. The van der Waals surface area contributed by atoms with Gasteiger partial charge in [-0.2, -0.15) is 13.2 Å². The zero-order chi connectivity index (χ0) is 17.9. The molecule has 1 aromatic heterocycles. The number of benzene rings is 1. The average molecular weight is 358 g/mol. The number of amides is 1. The van der Waals surface area contributed by atoms with Crippen LogP contribution in [0.15, 0.2) is 36.5 Å². The third-order valence-electron chi connectivity index (χ3n) is 2.97. The quantitative estimate of drug-likeness (QED) is 0.838. The standard InChI is InChI=1S/C16H15ClF3N3O/c1-9(2)22-15(24)14-8-11(5-6-21-14)23-10-3-4-13(17)12(7-10)16(18,19)20/h3-9H,1-2H3,(H,21,23)(H,22,24). The molecule has 0 bridgehead atoms. The Labute approximate surface area is 142 Å². The molecule has 2 N–H and O–H groups in total. The molecule has 4 nitrogen and oxygen atoms in total. The Morgan fingerprint density at radius 2 is 1.83 bits per heavy atom. The maximum atomic E-state index is 12.9. The van der Waals surface area contributed by atoms with Gasteiger partial charge in [-0.25, -0.2) is 0 Å². The van der Waals surface area contributed by atoms with E-state index in [0.29, 0.717) is 5.69 Å². The SMILES string of the molecule is CC(C)NC(=O)c1cc(Nc2ccc(Cl)c(C(F)(F)F)c2)ccn1. The Kier molecular flexibility index (Phi) is 5.33. The van der Waals surface area contributed by atoms with Crippen LogP contribution < -0.4 is 10.6 Å². The Bertz CT molecular complexity index is 748. The first-order valence-corrected chi connectivity index (χ1v) is 7.45. The molecule has 128 valence electrons. The van der Waals surface area contributed by atoms with Gasteiger partial charge in [0.05, 0.1) is 10.6 Å². The summed E-state index contributed by atoms with van der Waals surface area (Å²) >= 11 is 5.59. The number of hydrogen-bond acceptors (Lipinski definition) is 3. The van der Waals surface area contributed by atoms with E-state index in [9.17, 15) is 18.0 Å². The molecule has 0 aliphatic heterocycles. The lowest BCUT2D eigenvalue weighted by atomic mass is 10.2. The maximum absolute atomic E-state index is 12.9. The van der Waals surface area contributed by atoms with Crippen molar-refractivity contribution in [1.29, 1.82) is 0 Å². The van der Waals surface area contributed by atoms with Crippen molar-refractivity contribution >= 4 is 28.9 Å². The first kappa shape index (κ1) is 18.1. The minimum Gasteiger partial charge on any atom is -0.355 e. The zero-order valence-electron chi connectivity index (χ0n) is 12.9. The Balaban J connectivity index is 2.24. The van der Waals surface area contributed by atoms with Gasteiger partial charge in [-0.15, -0.1) is 0 Å². The summed E-state index contributed by atoms with van der Waals surface area (Å²) in [4.78, 5) is 15.9. The molecule has 0 aliphatic carbocycles. The van der Waals surface area contributed by atoms with Gasteiger partial charge in [0, 0.05) is 23.6 Å². The molecular weight excluding hydrogens is 343 g/mol. The molecule has 8 heteroatoms. The van der Waals surface area contributed by atoms with Gasteiger partial charge in [-0.1, -0.05) is 11.6 Å². The molecule has 24 heavy (non-hydrogen) atoms. The van der Waals surface area contributed by atoms with Crippen molar-refractivity contribution in [1.82, 2.24) is 10.3 Å². The normalized spacial score (nSPS) is 11.5. The number of nitrogens with zero attached hydrogens (tertiary/aromatic N) is 1. The van der Waals surface area contributed by atoms with E-state index in [-0.39, 0.29) is 28.4 Å². The average Bonchev–Trinajstić information content (AvgIpc) is 2.48. The van der Waals surface area contributed by atoms with Crippen LogP contribution in [0.2, 0.25) is 5.02 Å². The van der Waals surface area contributed by atoms with Crippen LogP contribution in [-0.2, 0) is 6.18 Å². The molecule has 0 unspecified atom stereocenters. The molecule has 0 saturated carbocycles. The fourth-order valence-electron chi connectivity index (χ4n) is 1.96. The highest BCUT2D eigenvalue weighted by Crippen LogP contribution is 2.36. The van der Waals surface area contributed by atoms with E-state index in [2.05, 4.69) is 15.6 Å². The maximum Gasteiger partial charge on any atom is 0.417 e. The number of aromatic nitrogens is 1. The molecule has 0 atom stereocenters. The van der Waals surface area contributed by atoms with Gasteiger partial charge in [0.2, 0.25) is 0 Å². The van der Waals surface area contributed by atoms with E-state index < -0.39 is 11.7 Å². The van der Waals surface area contributed by atoms with Crippen LogP contribution in [0.25, 0.3) is 0 Å². The van der Waals surface area contributed by atoms with Crippen molar-refractivity contribution in [3.8, 4) is 0 Å². The summed E-state index contributed by atoms with van der Waals surface area (Å²) in [6.07, 6.45) is -3.15. The molecule has 1 heterocycles. The highest BCUT2D eigenvalue weighted by Gasteiger charge is 2.33. The Morgan fingerprint density at radius 1 is 1.17 bits per heavy atom. The molecule has 1 amide bonds. The van der Waals surface area contributed by atoms with Crippen LogP contribution in [-0.4, -0.2) is 16.9 Å². The second kappa shape index (κ2) is 7.09. The second-order valence-electron chi connectivity index (χ2n) is 5.38. The van der Waals surface area contributed by atoms with E-state index in [0.717, 1.165) is 6.07 Å². The number of halogens is 4. The number of carbonyl (C=O) groups is 1. The molecule has 1 aromatic carbocycles. The minimum absolute atomic E-state index is 0.0541. The summed E-state index contributed by atoms with van der Waals surface area (Å²) in [7, 11) is 0. The summed E-state index contributed by atoms with van der Waals surface area (Å²) < 4.78 is 38.7. The largest absolute Gasteiger partial charge is 0.417 e. The smallest absolute Gasteiger partial charge is 0.355 e. The number of rotatable bonds is 4. The molecule has 0 saturated heterocycles. The number of nitrogens with one attached hydrogen (secondary N) is 2. The summed E-state index contributed by atoms with van der Waals surface area (Å²) in [5.74, 6) is -0.360. The molecule has 0 radical (unpaired) electrons. The van der Waals surface area contributed by atoms with Crippen LogP contribution in [0, 0.1) is 0 Å². The van der Waals surface area contributed by atoms with Gasteiger partial charge in [0.15, 0.2) is 0 Å². The van der Waals surface area contributed by atoms with Crippen molar-refractivity contribution in [3.63, 3.8) is 0 Å². The number of alkyl halides is 3. The molecule has 0 spiro atoms. The van der Waals surface area contributed by atoms with Gasteiger partial charge in [-0.05, 0) is 44.2 Å². The lowest BCUT2D eigenvalue weighted by molar-refractivity contribution is -0.137. The predicted octanol–water partition coefficient (Wildman–Crippen LogP) is 4.64. The van der Waals surface area contributed by atoms with Crippen LogP contribution >= 0.6 is 11.6 Å². The van der Waals surface area contributed by atoms with Gasteiger partial charge in [0.1, 0.15) is 5.69 Å². The van der Waals surface area contributed by atoms with Gasteiger partial charge < -0.3 is 10.6 Å². The lowest BCUT2D eigenvalue weighted by Gasteiger charge is -2.13. The first-order valence-electron chi connectivity index (χ1n) is 7.07. The number of hydrogen-bond donors (Lipinski definition) is 2.